The van der Waals surface area contributed by atoms with E-state index in [9.17, 15) is 0 Å². The standard InChI is InChI=1S/C22H27N3O2/c1-2-27-22-23-20-11-10-19(24-13-15-26-16-14-24)17-21(20)25(22)12-6-9-18-7-4-3-5-8-18/h3-5,7-8,10-11,17H,2,6,9,12-16H2,1H3. The molecule has 4 rings (SSSR count). The normalized spacial score (nSPS) is 14.6. The Morgan fingerprint density at radius 1 is 1.07 bits per heavy atom. The third-order valence-electron chi connectivity index (χ3n) is 5.04. The Morgan fingerprint density at radius 2 is 1.89 bits per heavy atom. The zero-order chi connectivity index (χ0) is 18.5. The second-order valence-electron chi connectivity index (χ2n) is 6.84. The van der Waals surface area contributed by atoms with Gasteiger partial charge in [0.2, 0.25) is 0 Å². The van der Waals surface area contributed by atoms with Gasteiger partial charge in [-0.3, -0.25) is 4.57 Å². The fraction of sp³-hybridized carbons (Fsp3) is 0.409. The molecule has 0 unspecified atom stereocenters. The fourth-order valence-electron chi connectivity index (χ4n) is 3.65. The maximum Gasteiger partial charge on any atom is 0.297 e. The van der Waals surface area contributed by atoms with Crippen molar-refractivity contribution in [1.29, 1.82) is 0 Å². The van der Waals surface area contributed by atoms with E-state index in [0.717, 1.165) is 62.7 Å². The molecule has 0 saturated carbocycles. The van der Waals surface area contributed by atoms with Gasteiger partial charge in [-0.25, -0.2) is 0 Å². The fourth-order valence-corrected chi connectivity index (χ4v) is 3.65. The molecule has 142 valence electrons. The highest BCUT2D eigenvalue weighted by Crippen LogP contribution is 2.27. The Kier molecular flexibility index (Phi) is 5.58. The lowest BCUT2D eigenvalue weighted by atomic mass is 10.1. The van der Waals surface area contributed by atoms with Crippen LogP contribution in [0.5, 0.6) is 6.01 Å². The van der Waals surface area contributed by atoms with Gasteiger partial charge in [0, 0.05) is 25.3 Å². The summed E-state index contributed by atoms with van der Waals surface area (Å²) >= 11 is 0. The number of imidazole rings is 1. The van der Waals surface area contributed by atoms with Crippen molar-refractivity contribution in [3.8, 4) is 6.01 Å². The van der Waals surface area contributed by atoms with Crippen molar-refractivity contribution in [2.45, 2.75) is 26.3 Å². The molecule has 5 nitrogen and oxygen atoms in total. The summed E-state index contributed by atoms with van der Waals surface area (Å²) in [5.41, 5.74) is 4.75. The molecule has 0 bridgehead atoms. The third kappa shape index (κ3) is 4.08. The summed E-state index contributed by atoms with van der Waals surface area (Å²) < 4.78 is 13.5. The smallest absolute Gasteiger partial charge is 0.297 e. The van der Waals surface area contributed by atoms with Gasteiger partial charge in [-0.05, 0) is 43.5 Å². The van der Waals surface area contributed by atoms with E-state index < -0.39 is 0 Å². The third-order valence-corrected chi connectivity index (χ3v) is 5.04. The van der Waals surface area contributed by atoms with Gasteiger partial charge in [-0.15, -0.1) is 0 Å². The number of anilines is 1. The first-order chi connectivity index (χ1) is 13.3. The van der Waals surface area contributed by atoms with Gasteiger partial charge in [0.1, 0.15) is 0 Å². The van der Waals surface area contributed by atoms with E-state index in [1.54, 1.807) is 0 Å². The van der Waals surface area contributed by atoms with Crippen molar-refractivity contribution < 1.29 is 9.47 Å². The molecule has 1 aliphatic rings. The van der Waals surface area contributed by atoms with Gasteiger partial charge in [-0.1, -0.05) is 30.3 Å². The van der Waals surface area contributed by atoms with E-state index >= 15 is 0 Å². The molecule has 3 aromatic rings. The molecule has 0 radical (unpaired) electrons. The number of nitrogens with zero attached hydrogens (tertiary/aromatic N) is 3. The summed E-state index contributed by atoms with van der Waals surface area (Å²) in [4.78, 5) is 7.09. The highest BCUT2D eigenvalue weighted by Gasteiger charge is 2.16. The molecule has 27 heavy (non-hydrogen) atoms. The molecule has 2 aromatic carbocycles. The largest absolute Gasteiger partial charge is 0.465 e. The van der Waals surface area contributed by atoms with Crippen molar-refractivity contribution in [2.75, 3.05) is 37.8 Å². The number of ether oxygens (including phenoxy) is 2. The predicted molar refractivity (Wildman–Crippen MR) is 109 cm³/mol. The van der Waals surface area contributed by atoms with Crippen LogP contribution in [-0.2, 0) is 17.7 Å². The lowest BCUT2D eigenvalue weighted by Gasteiger charge is -2.28. The molecule has 2 heterocycles. The van der Waals surface area contributed by atoms with Crippen LogP contribution in [0.15, 0.2) is 48.5 Å². The maximum atomic E-state index is 5.83. The predicted octanol–water partition coefficient (Wildman–Crippen LogP) is 3.90. The van der Waals surface area contributed by atoms with Crippen LogP contribution in [0.1, 0.15) is 18.9 Å². The summed E-state index contributed by atoms with van der Waals surface area (Å²) in [7, 11) is 0. The van der Waals surface area contributed by atoms with Crippen LogP contribution in [0, 0.1) is 0 Å². The van der Waals surface area contributed by atoms with E-state index in [0.29, 0.717) is 6.61 Å². The Labute approximate surface area is 160 Å². The van der Waals surface area contributed by atoms with Crippen molar-refractivity contribution in [3.05, 3.63) is 54.1 Å². The molecule has 1 aliphatic heterocycles. The van der Waals surface area contributed by atoms with E-state index in [-0.39, 0.29) is 0 Å². The first-order valence-electron chi connectivity index (χ1n) is 9.85. The number of morpholine rings is 1. The average Bonchev–Trinajstić information content (AvgIpc) is 3.06. The van der Waals surface area contributed by atoms with Gasteiger partial charge in [0.25, 0.3) is 6.01 Å². The monoisotopic (exact) mass is 365 g/mol. The average molecular weight is 365 g/mol. The molecule has 1 aromatic heterocycles. The van der Waals surface area contributed by atoms with Crippen LogP contribution in [0.2, 0.25) is 0 Å². The molecule has 0 N–H and O–H groups in total. The van der Waals surface area contributed by atoms with Crippen molar-refractivity contribution in [1.82, 2.24) is 9.55 Å². The molecular weight excluding hydrogens is 338 g/mol. The summed E-state index contributed by atoms with van der Waals surface area (Å²) in [5.74, 6) is 0. The zero-order valence-electron chi connectivity index (χ0n) is 15.9. The van der Waals surface area contributed by atoms with Crippen LogP contribution in [0.25, 0.3) is 11.0 Å². The van der Waals surface area contributed by atoms with Crippen molar-refractivity contribution in [3.63, 3.8) is 0 Å². The zero-order valence-corrected chi connectivity index (χ0v) is 15.9. The molecule has 0 amide bonds. The highest BCUT2D eigenvalue weighted by atomic mass is 16.5. The lowest BCUT2D eigenvalue weighted by Crippen LogP contribution is -2.36. The van der Waals surface area contributed by atoms with Crippen LogP contribution in [0.3, 0.4) is 0 Å². The summed E-state index contributed by atoms with van der Waals surface area (Å²) in [5, 5.41) is 0. The van der Waals surface area contributed by atoms with Gasteiger partial charge >= 0.3 is 0 Å². The molecule has 0 aliphatic carbocycles. The lowest BCUT2D eigenvalue weighted by molar-refractivity contribution is 0.122. The van der Waals surface area contributed by atoms with E-state index in [2.05, 4.69) is 58.0 Å². The minimum atomic E-state index is 0.623. The van der Waals surface area contributed by atoms with Crippen LogP contribution in [-0.4, -0.2) is 42.5 Å². The first-order valence-corrected chi connectivity index (χ1v) is 9.85. The molecule has 0 spiro atoms. The summed E-state index contributed by atoms with van der Waals surface area (Å²) in [6, 6.07) is 17.9. The quantitative estimate of drug-likeness (QED) is 0.636. The van der Waals surface area contributed by atoms with Gasteiger partial charge in [0.15, 0.2) is 0 Å². The SMILES string of the molecule is CCOc1nc2ccc(N3CCOCC3)cc2n1CCCc1ccccc1. The number of benzene rings is 2. The van der Waals surface area contributed by atoms with E-state index in [4.69, 9.17) is 14.5 Å². The van der Waals surface area contributed by atoms with E-state index in [1.807, 2.05) is 6.92 Å². The topological polar surface area (TPSA) is 39.5 Å². The molecular formula is C22H27N3O2. The second-order valence-corrected chi connectivity index (χ2v) is 6.84. The number of aromatic nitrogens is 2. The Morgan fingerprint density at radius 3 is 2.67 bits per heavy atom. The maximum absolute atomic E-state index is 5.83. The van der Waals surface area contributed by atoms with Crippen molar-refractivity contribution in [2.24, 2.45) is 0 Å². The number of aryl methyl sites for hydroxylation is 2. The Balaban J connectivity index is 1.58. The van der Waals surface area contributed by atoms with Gasteiger partial charge in [-0.2, -0.15) is 4.98 Å². The molecule has 1 fully saturated rings. The minimum absolute atomic E-state index is 0.623. The highest BCUT2D eigenvalue weighted by molar-refractivity contribution is 5.81. The molecule has 0 atom stereocenters. The van der Waals surface area contributed by atoms with E-state index in [1.165, 1.54) is 11.3 Å². The number of fused-ring (bicyclic) bond motifs is 1. The minimum Gasteiger partial charge on any atom is -0.465 e. The van der Waals surface area contributed by atoms with Crippen LogP contribution < -0.4 is 9.64 Å². The first kappa shape index (κ1) is 17.9. The van der Waals surface area contributed by atoms with Crippen LogP contribution >= 0.6 is 0 Å². The molecule has 5 heteroatoms. The number of hydrogen-bond acceptors (Lipinski definition) is 4. The summed E-state index contributed by atoms with van der Waals surface area (Å²) in [6.45, 7) is 6.98. The van der Waals surface area contributed by atoms with Crippen molar-refractivity contribution >= 4 is 16.7 Å². The second kappa shape index (κ2) is 8.44. The number of rotatable bonds is 7. The number of hydrogen-bond donors (Lipinski definition) is 0. The summed E-state index contributed by atoms with van der Waals surface area (Å²) in [6.07, 6.45) is 2.10. The van der Waals surface area contributed by atoms with Gasteiger partial charge < -0.3 is 14.4 Å². The Hall–Kier alpha value is -2.53. The van der Waals surface area contributed by atoms with Gasteiger partial charge in [0.05, 0.1) is 30.9 Å². The Bertz CT molecular complexity index is 870. The van der Waals surface area contributed by atoms with Crippen LogP contribution in [0.4, 0.5) is 5.69 Å². The molecule has 1 saturated heterocycles.